The smallest absolute Gasteiger partial charge is 0.131 e. The molecule has 1 aromatic heterocycles. The van der Waals surface area contributed by atoms with Gasteiger partial charge >= 0.3 is 0 Å². The van der Waals surface area contributed by atoms with Crippen LogP contribution in [0, 0.1) is 11.6 Å². The number of thiophene rings is 1. The molecular weight excluding hydrogens is 353 g/mol. The third kappa shape index (κ3) is 2.65. The molecule has 2 aromatic rings. The lowest BCUT2D eigenvalue weighted by Gasteiger charge is -2.09. The third-order valence-corrected chi connectivity index (χ3v) is 5.29. The highest BCUT2D eigenvalue weighted by molar-refractivity contribution is 9.10. The third-order valence-electron chi connectivity index (χ3n) is 2.17. The van der Waals surface area contributed by atoms with Gasteiger partial charge in [0, 0.05) is 14.9 Å². The maximum atomic E-state index is 13.5. The Kier molecular flexibility index (Phi) is 4.08. The molecule has 2 rings (SSSR count). The highest BCUT2D eigenvalue weighted by Crippen LogP contribution is 2.41. The van der Waals surface area contributed by atoms with Gasteiger partial charge in [-0.2, -0.15) is 0 Å². The van der Waals surface area contributed by atoms with Crippen LogP contribution >= 0.6 is 50.5 Å². The monoisotopic (exact) mass is 356 g/mol. The summed E-state index contributed by atoms with van der Waals surface area (Å²) in [6.45, 7) is 0. The normalized spacial score (nSPS) is 12.8. The van der Waals surface area contributed by atoms with Crippen molar-refractivity contribution in [1.29, 1.82) is 0 Å². The second-order valence-electron chi connectivity index (χ2n) is 3.27. The van der Waals surface area contributed by atoms with Crippen LogP contribution in [0.15, 0.2) is 28.7 Å². The van der Waals surface area contributed by atoms with Crippen LogP contribution in [-0.4, -0.2) is 0 Å². The standard InChI is InChI=1S/C11H5BrCl2F2S/c12-5-4-8(17-11(5)14)10(13)9-6(15)2-1-3-7(9)16/h1-4,10H. The number of rotatable bonds is 2. The summed E-state index contributed by atoms with van der Waals surface area (Å²) < 4.78 is 28.2. The Balaban J connectivity index is 2.47. The number of hydrogen-bond donors (Lipinski definition) is 0. The zero-order valence-corrected chi connectivity index (χ0v) is 12.1. The summed E-state index contributed by atoms with van der Waals surface area (Å²) in [6, 6.07) is 5.32. The van der Waals surface area contributed by atoms with Crippen LogP contribution in [0.4, 0.5) is 8.78 Å². The molecule has 6 heteroatoms. The van der Waals surface area contributed by atoms with Gasteiger partial charge in [-0.05, 0) is 34.1 Å². The van der Waals surface area contributed by atoms with Gasteiger partial charge in [0.25, 0.3) is 0 Å². The second kappa shape index (κ2) is 5.22. The number of halogens is 5. The summed E-state index contributed by atoms with van der Waals surface area (Å²) in [6.07, 6.45) is 0. The van der Waals surface area contributed by atoms with Crippen LogP contribution in [0.5, 0.6) is 0 Å². The fourth-order valence-electron chi connectivity index (χ4n) is 1.38. The van der Waals surface area contributed by atoms with E-state index in [1.165, 1.54) is 29.5 Å². The molecule has 1 heterocycles. The molecule has 0 N–H and O–H groups in total. The summed E-state index contributed by atoms with van der Waals surface area (Å²) in [5.41, 5.74) is -0.153. The highest BCUT2D eigenvalue weighted by Gasteiger charge is 2.22. The minimum absolute atomic E-state index is 0.153. The van der Waals surface area contributed by atoms with Crippen molar-refractivity contribution in [2.45, 2.75) is 5.38 Å². The van der Waals surface area contributed by atoms with Crippen LogP contribution in [0.2, 0.25) is 4.34 Å². The molecular formula is C11H5BrCl2F2S. The maximum Gasteiger partial charge on any atom is 0.131 e. The minimum Gasteiger partial charge on any atom is -0.207 e. The van der Waals surface area contributed by atoms with Crippen LogP contribution in [0.3, 0.4) is 0 Å². The molecule has 0 spiro atoms. The van der Waals surface area contributed by atoms with Gasteiger partial charge in [0.15, 0.2) is 0 Å². The van der Waals surface area contributed by atoms with E-state index in [2.05, 4.69) is 15.9 Å². The van der Waals surface area contributed by atoms with Crippen molar-refractivity contribution in [2.24, 2.45) is 0 Å². The van der Waals surface area contributed by atoms with Gasteiger partial charge in [0.1, 0.15) is 16.0 Å². The summed E-state index contributed by atoms with van der Waals surface area (Å²) in [5, 5.41) is -0.884. The molecule has 0 saturated heterocycles. The van der Waals surface area contributed by atoms with Crippen LogP contribution in [0.1, 0.15) is 15.8 Å². The van der Waals surface area contributed by atoms with Gasteiger partial charge in [-0.1, -0.05) is 17.7 Å². The van der Waals surface area contributed by atoms with E-state index in [0.29, 0.717) is 13.7 Å². The highest BCUT2D eigenvalue weighted by atomic mass is 79.9. The summed E-state index contributed by atoms with van der Waals surface area (Å²) >= 11 is 16.4. The first-order chi connectivity index (χ1) is 8.00. The quantitative estimate of drug-likeness (QED) is 0.598. The molecule has 0 nitrogen and oxygen atoms in total. The molecule has 0 aliphatic heterocycles. The van der Waals surface area contributed by atoms with E-state index in [1.807, 2.05) is 0 Å². The zero-order valence-electron chi connectivity index (χ0n) is 8.18. The molecule has 0 bridgehead atoms. The van der Waals surface area contributed by atoms with E-state index in [4.69, 9.17) is 23.2 Å². The van der Waals surface area contributed by atoms with Gasteiger partial charge in [0.05, 0.1) is 5.38 Å². The molecule has 0 amide bonds. The van der Waals surface area contributed by atoms with E-state index in [0.717, 1.165) is 0 Å². The van der Waals surface area contributed by atoms with E-state index in [-0.39, 0.29) is 5.56 Å². The van der Waals surface area contributed by atoms with E-state index in [1.54, 1.807) is 6.07 Å². The second-order valence-corrected chi connectivity index (χ2v) is 6.24. The van der Waals surface area contributed by atoms with E-state index < -0.39 is 17.0 Å². The molecule has 0 radical (unpaired) electrons. The SMILES string of the molecule is Fc1cccc(F)c1C(Cl)c1cc(Br)c(Cl)s1. The molecule has 0 aliphatic rings. The molecule has 1 atom stereocenters. The van der Waals surface area contributed by atoms with E-state index in [9.17, 15) is 8.78 Å². The van der Waals surface area contributed by atoms with Gasteiger partial charge in [-0.25, -0.2) is 8.78 Å². The minimum atomic E-state index is -0.884. The first-order valence-corrected chi connectivity index (χ1v) is 6.96. The van der Waals surface area contributed by atoms with Crippen LogP contribution < -0.4 is 0 Å². The predicted molar refractivity (Wildman–Crippen MR) is 71.1 cm³/mol. The Hall–Kier alpha value is -0.160. The van der Waals surface area contributed by atoms with Crippen molar-refractivity contribution in [2.75, 3.05) is 0 Å². The zero-order chi connectivity index (χ0) is 12.6. The van der Waals surface area contributed by atoms with Gasteiger partial charge in [0.2, 0.25) is 0 Å². The Morgan fingerprint density at radius 3 is 2.29 bits per heavy atom. The number of hydrogen-bond acceptors (Lipinski definition) is 1. The Morgan fingerprint density at radius 1 is 1.24 bits per heavy atom. The largest absolute Gasteiger partial charge is 0.207 e. The van der Waals surface area contributed by atoms with Gasteiger partial charge in [-0.3, -0.25) is 0 Å². The fourth-order valence-corrected chi connectivity index (χ4v) is 3.51. The molecule has 1 aromatic carbocycles. The van der Waals surface area contributed by atoms with Crippen molar-refractivity contribution < 1.29 is 8.78 Å². The van der Waals surface area contributed by atoms with Crippen molar-refractivity contribution in [1.82, 2.24) is 0 Å². The average molecular weight is 358 g/mol. The maximum absolute atomic E-state index is 13.5. The van der Waals surface area contributed by atoms with Crippen molar-refractivity contribution >= 4 is 50.5 Å². The lowest BCUT2D eigenvalue weighted by Crippen LogP contribution is -1.98. The molecule has 17 heavy (non-hydrogen) atoms. The summed E-state index contributed by atoms with van der Waals surface area (Å²) in [7, 11) is 0. The van der Waals surface area contributed by atoms with Gasteiger partial charge in [-0.15, -0.1) is 22.9 Å². The number of alkyl halides is 1. The van der Waals surface area contributed by atoms with Crippen LogP contribution in [0.25, 0.3) is 0 Å². The van der Waals surface area contributed by atoms with Crippen LogP contribution in [-0.2, 0) is 0 Å². The molecule has 0 saturated carbocycles. The topological polar surface area (TPSA) is 0 Å². The summed E-state index contributed by atoms with van der Waals surface area (Å²) in [4.78, 5) is 0.590. The van der Waals surface area contributed by atoms with Crippen molar-refractivity contribution in [3.05, 3.63) is 55.1 Å². The number of benzene rings is 1. The lowest BCUT2D eigenvalue weighted by atomic mass is 10.1. The molecule has 0 aliphatic carbocycles. The molecule has 90 valence electrons. The first-order valence-electron chi connectivity index (χ1n) is 4.53. The first kappa shape index (κ1) is 13.3. The Morgan fingerprint density at radius 2 is 1.82 bits per heavy atom. The lowest BCUT2D eigenvalue weighted by molar-refractivity contribution is 0.560. The Labute approximate surface area is 119 Å². The van der Waals surface area contributed by atoms with Crippen molar-refractivity contribution in [3.8, 4) is 0 Å². The van der Waals surface area contributed by atoms with Crippen molar-refractivity contribution in [3.63, 3.8) is 0 Å². The Bertz CT molecular complexity index is 517. The molecule has 0 fully saturated rings. The fraction of sp³-hybridized carbons (Fsp3) is 0.0909. The summed E-state index contributed by atoms with van der Waals surface area (Å²) in [5.74, 6) is -1.32. The average Bonchev–Trinajstić information content (AvgIpc) is 2.59. The molecule has 1 unspecified atom stereocenters. The van der Waals surface area contributed by atoms with E-state index >= 15 is 0 Å². The van der Waals surface area contributed by atoms with Gasteiger partial charge < -0.3 is 0 Å². The predicted octanol–water partition coefficient (Wildman–Crippen LogP) is 5.77.